The van der Waals surface area contributed by atoms with Crippen LogP contribution in [-0.4, -0.2) is 24.3 Å². The maximum absolute atomic E-state index is 12.4. The zero-order valence-corrected chi connectivity index (χ0v) is 30.0. The van der Waals surface area contributed by atoms with E-state index < -0.39 is 5.79 Å². The Hall–Kier alpha value is -1.10. The second kappa shape index (κ2) is 33.3. The van der Waals surface area contributed by atoms with Gasteiger partial charge in [0.25, 0.3) is 5.79 Å². The van der Waals surface area contributed by atoms with Crippen LogP contribution in [0.25, 0.3) is 0 Å². The molecule has 0 atom stereocenters. The Morgan fingerprint density at radius 3 is 0.818 bits per heavy atom. The highest BCUT2D eigenvalue weighted by atomic mass is 16.7. The number of hydrogen-bond donors (Lipinski definition) is 1. The Morgan fingerprint density at radius 1 is 0.409 bits per heavy atom. The summed E-state index contributed by atoms with van der Waals surface area (Å²) < 4.78 is 11.0. The highest BCUT2D eigenvalue weighted by Crippen LogP contribution is 2.18. The van der Waals surface area contributed by atoms with E-state index in [-0.39, 0.29) is 18.5 Å². The van der Waals surface area contributed by atoms with Crippen molar-refractivity contribution in [2.24, 2.45) is 5.73 Å². The maximum Gasteiger partial charge on any atom is 0.309 e. The minimum absolute atomic E-state index is 0.0256. The number of hydrogen-bond acceptors (Lipinski definition) is 5. The van der Waals surface area contributed by atoms with Gasteiger partial charge >= 0.3 is 11.9 Å². The summed E-state index contributed by atoms with van der Waals surface area (Å²) in [6.07, 6.45) is 39.4. The van der Waals surface area contributed by atoms with Crippen molar-refractivity contribution in [3.63, 3.8) is 0 Å². The van der Waals surface area contributed by atoms with Crippen LogP contribution < -0.4 is 5.73 Å². The van der Waals surface area contributed by atoms with Crippen LogP contribution in [0.15, 0.2) is 0 Å². The highest BCUT2D eigenvalue weighted by Gasteiger charge is 2.31. The molecular weight excluding hydrogens is 546 g/mol. The largest absolute Gasteiger partial charge is 0.421 e. The van der Waals surface area contributed by atoms with Crippen molar-refractivity contribution in [1.29, 1.82) is 0 Å². The molecule has 0 aliphatic heterocycles. The normalized spacial score (nSPS) is 11.6. The Labute approximate surface area is 274 Å². The summed E-state index contributed by atoms with van der Waals surface area (Å²) >= 11 is 0. The molecule has 0 aromatic heterocycles. The molecule has 0 spiro atoms. The van der Waals surface area contributed by atoms with E-state index in [1.807, 2.05) is 0 Å². The van der Waals surface area contributed by atoms with Gasteiger partial charge < -0.3 is 15.2 Å². The molecule has 0 aromatic carbocycles. The molecule has 0 aliphatic carbocycles. The molecule has 2 N–H and O–H groups in total. The zero-order chi connectivity index (χ0) is 32.4. The van der Waals surface area contributed by atoms with E-state index in [1.165, 1.54) is 154 Å². The first-order chi connectivity index (χ1) is 21.5. The fraction of sp³-hybridized carbons (Fsp3) is 0.949. The van der Waals surface area contributed by atoms with Crippen molar-refractivity contribution in [3.8, 4) is 0 Å². The average Bonchev–Trinajstić information content (AvgIpc) is 3.01. The summed E-state index contributed by atoms with van der Waals surface area (Å²) in [7, 11) is 0. The predicted molar refractivity (Wildman–Crippen MR) is 189 cm³/mol. The number of unbranched alkanes of at least 4 members (excludes halogenated alkanes) is 28. The molecule has 0 heterocycles. The first-order valence-electron chi connectivity index (χ1n) is 19.6. The maximum atomic E-state index is 12.4. The van der Waals surface area contributed by atoms with Gasteiger partial charge in [-0.25, -0.2) is 0 Å². The second-order valence-electron chi connectivity index (χ2n) is 13.7. The molecular formula is C39H77NO4. The topological polar surface area (TPSA) is 78.6 Å². The number of ether oxygens (including phenoxy) is 2. The van der Waals surface area contributed by atoms with Crippen molar-refractivity contribution >= 4 is 11.9 Å². The third-order valence-electron chi connectivity index (χ3n) is 9.00. The predicted octanol–water partition coefficient (Wildman–Crippen LogP) is 12.3. The van der Waals surface area contributed by atoms with Crippen LogP contribution in [-0.2, 0) is 19.1 Å². The van der Waals surface area contributed by atoms with Crippen molar-refractivity contribution < 1.29 is 19.1 Å². The SMILES string of the molecule is CCCCCCCCCCCCCCCCCC(=O)OC(C)(CN)OC(=O)CCCCCCCCCCCCCCCCC. The lowest BCUT2D eigenvalue weighted by atomic mass is 10.0. The minimum atomic E-state index is -1.36. The number of carbonyl (C=O) groups is 2. The zero-order valence-electron chi connectivity index (χ0n) is 30.0. The van der Waals surface area contributed by atoms with Gasteiger partial charge in [-0.15, -0.1) is 0 Å². The van der Waals surface area contributed by atoms with E-state index >= 15 is 0 Å². The Kier molecular flexibility index (Phi) is 32.4. The van der Waals surface area contributed by atoms with Gasteiger partial charge in [0.1, 0.15) is 0 Å². The average molecular weight is 624 g/mol. The van der Waals surface area contributed by atoms with Crippen LogP contribution in [0.3, 0.4) is 0 Å². The number of rotatable bonds is 35. The first kappa shape index (κ1) is 42.9. The van der Waals surface area contributed by atoms with Gasteiger partial charge in [0.2, 0.25) is 0 Å². The van der Waals surface area contributed by atoms with Gasteiger partial charge in [-0.3, -0.25) is 9.59 Å². The third kappa shape index (κ3) is 30.9. The van der Waals surface area contributed by atoms with Gasteiger partial charge in [-0.1, -0.05) is 194 Å². The van der Waals surface area contributed by atoms with Crippen LogP contribution in [0.1, 0.15) is 226 Å². The molecule has 0 aliphatic rings. The molecule has 0 saturated carbocycles. The summed E-state index contributed by atoms with van der Waals surface area (Å²) in [5, 5.41) is 0. The molecule has 0 fully saturated rings. The third-order valence-corrected chi connectivity index (χ3v) is 9.00. The van der Waals surface area contributed by atoms with E-state index in [0.717, 1.165) is 38.5 Å². The lowest BCUT2D eigenvalue weighted by Crippen LogP contribution is -2.43. The van der Waals surface area contributed by atoms with E-state index in [0.29, 0.717) is 12.8 Å². The van der Waals surface area contributed by atoms with Gasteiger partial charge in [0, 0.05) is 19.8 Å². The smallest absolute Gasteiger partial charge is 0.309 e. The van der Waals surface area contributed by atoms with E-state index in [4.69, 9.17) is 15.2 Å². The molecule has 262 valence electrons. The van der Waals surface area contributed by atoms with Gasteiger partial charge in [-0.05, 0) is 12.8 Å². The lowest BCUT2D eigenvalue weighted by Gasteiger charge is -2.27. The van der Waals surface area contributed by atoms with Gasteiger partial charge in [0.15, 0.2) is 0 Å². The van der Waals surface area contributed by atoms with Crippen LogP contribution in [0, 0.1) is 0 Å². The molecule has 0 amide bonds. The van der Waals surface area contributed by atoms with E-state index in [2.05, 4.69) is 13.8 Å². The lowest BCUT2D eigenvalue weighted by molar-refractivity contribution is -0.219. The van der Waals surface area contributed by atoms with E-state index in [9.17, 15) is 9.59 Å². The highest BCUT2D eigenvalue weighted by molar-refractivity contribution is 5.72. The molecule has 0 saturated heterocycles. The molecule has 5 heteroatoms. The van der Waals surface area contributed by atoms with Crippen LogP contribution >= 0.6 is 0 Å². The summed E-state index contributed by atoms with van der Waals surface area (Å²) in [4.78, 5) is 24.7. The van der Waals surface area contributed by atoms with Gasteiger partial charge in [-0.2, -0.15) is 0 Å². The van der Waals surface area contributed by atoms with Crippen molar-refractivity contribution in [2.45, 2.75) is 232 Å². The minimum Gasteiger partial charge on any atom is -0.421 e. The summed E-state index contributed by atoms with van der Waals surface area (Å²) in [6, 6.07) is 0. The molecule has 5 nitrogen and oxygen atoms in total. The van der Waals surface area contributed by atoms with Crippen molar-refractivity contribution in [3.05, 3.63) is 0 Å². The Bertz CT molecular complexity index is 575. The van der Waals surface area contributed by atoms with Crippen LogP contribution in [0.2, 0.25) is 0 Å². The fourth-order valence-corrected chi connectivity index (χ4v) is 5.97. The molecule has 0 radical (unpaired) electrons. The monoisotopic (exact) mass is 624 g/mol. The first-order valence-corrected chi connectivity index (χ1v) is 19.6. The quantitative estimate of drug-likeness (QED) is 0.0431. The standard InChI is InChI=1S/C39H77NO4/c1-4-6-8-10-12-14-16-18-20-22-24-26-28-30-32-34-37(41)43-39(3,36-40)44-38(42)35-33-31-29-27-25-23-21-19-17-15-13-11-9-7-5-2/h4-36,40H2,1-3H3. The summed E-state index contributed by atoms with van der Waals surface area (Å²) in [5.41, 5.74) is 5.82. The van der Waals surface area contributed by atoms with Crippen molar-refractivity contribution in [1.82, 2.24) is 0 Å². The fourth-order valence-electron chi connectivity index (χ4n) is 5.97. The molecule has 0 unspecified atom stereocenters. The molecule has 44 heavy (non-hydrogen) atoms. The number of nitrogens with two attached hydrogens (primary N) is 1. The number of esters is 2. The summed E-state index contributed by atoms with van der Waals surface area (Å²) in [5.74, 6) is -2.01. The number of carbonyl (C=O) groups excluding carboxylic acids is 2. The summed E-state index contributed by atoms with van der Waals surface area (Å²) in [6.45, 7) is 6.12. The molecule has 0 aromatic rings. The van der Waals surface area contributed by atoms with Crippen molar-refractivity contribution in [2.75, 3.05) is 6.54 Å². The molecule has 0 rings (SSSR count). The Balaban J connectivity index is 3.64. The van der Waals surface area contributed by atoms with E-state index in [1.54, 1.807) is 6.92 Å². The second-order valence-corrected chi connectivity index (χ2v) is 13.7. The van der Waals surface area contributed by atoms with Gasteiger partial charge in [0.05, 0.1) is 6.54 Å². The van der Waals surface area contributed by atoms with Crippen LogP contribution in [0.4, 0.5) is 0 Å². The van der Waals surface area contributed by atoms with Crippen LogP contribution in [0.5, 0.6) is 0 Å². The Morgan fingerprint density at radius 2 is 0.614 bits per heavy atom. The molecule has 0 bridgehead atoms.